The molecular weight excluding hydrogens is 132 g/mol. The smallest absolute Gasteiger partial charge is 0.0846 e. The van der Waals surface area contributed by atoms with E-state index in [0.29, 0.717) is 0 Å². The van der Waals surface area contributed by atoms with Crippen LogP contribution < -0.4 is 0 Å². The molecule has 0 heterocycles. The molecule has 0 radical (unpaired) electrons. The molecule has 2 N–H and O–H groups in total. The standard InChI is InChI=1S/C7H16O3/c1-5(4-8)7(9)6(2)10-3/h5-9H,4H2,1-3H3. The third-order valence-electron chi connectivity index (χ3n) is 1.72. The van der Waals surface area contributed by atoms with Crippen LogP contribution in [0, 0.1) is 5.92 Å². The van der Waals surface area contributed by atoms with Crippen molar-refractivity contribution in [2.24, 2.45) is 5.92 Å². The monoisotopic (exact) mass is 148 g/mol. The molecule has 0 aliphatic carbocycles. The summed E-state index contributed by atoms with van der Waals surface area (Å²) < 4.78 is 4.87. The van der Waals surface area contributed by atoms with E-state index in [-0.39, 0.29) is 18.6 Å². The molecule has 0 aromatic carbocycles. The molecular formula is C7H16O3. The summed E-state index contributed by atoms with van der Waals surface area (Å²) in [5.74, 6) is -0.116. The minimum absolute atomic E-state index is 0.00509. The van der Waals surface area contributed by atoms with E-state index in [2.05, 4.69) is 0 Å². The third-order valence-corrected chi connectivity index (χ3v) is 1.72. The first-order valence-electron chi connectivity index (χ1n) is 3.45. The molecule has 3 atom stereocenters. The van der Waals surface area contributed by atoms with E-state index in [1.54, 1.807) is 13.8 Å². The van der Waals surface area contributed by atoms with Gasteiger partial charge in [0.05, 0.1) is 12.2 Å². The summed E-state index contributed by atoms with van der Waals surface area (Å²) in [6, 6.07) is 0. The second-order valence-electron chi connectivity index (χ2n) is 2.59. The van der Waals surface area contributed by atoms with Crippen molar-refractivity contribution in [1.82, 2.24) is 0 Å². The number of hydrogen-bond acceptors (Lipinski definition) is 3. The van der Waals surface area contributed by atoms with Gasteiger partial charge in [0.1, 0.15) is 0 Å². The van der Waals surface area contributed by atoms with E-state index in [4.69, 9.17) is 9.84 Å². The predicted octanol–water partition coefficient (Wildman–Crippen LogP) is 0.0106. The molecule has 3 heteroatoms. The van der Waals surface area contributed by atoms with Gasteiger partial charge in [0.2, 0.25) is 0 Å². The molecule has 0 aliphatic rings. The van der Waals surface area contributed by atoms with Crippen LogP contribution in [0.25, 0.3) is 0 Å². The molecule has 0 rings (SSSR count). The van der Waals surface area contributed by atoms with Crippen LogP contribution in [0.3, 0.4) is 0 Å². The zero-order chi connectivity index (χ0) is 8.15. The third kappa shape index (κ3) is 2.64. The lowest BCUT2D eigenvalue weighted by Gasteiger charge is -2.21. The Balaban J connectivity index is 3.69. The second kappa shape index (κ2) is 4.66. The first-order valence-corrected chi connectivity index (χ1v) is 3.45. The number of hydrogen-bond donors (Lipinski definition) is 2. The highest BCUT2D eigenvalue weighted by Crippen LogP contribution is 2.07. The van der Waals surface area contributed by atoms with Gasteiger partial charge >= 0.3 is 0 Å². The molecule has 0 spiro atoms. The average molecular weight is 148 g/mol. The Bertz CT molecular complexity index is 74.9. The van der Waals surface area contributed by atoms with Gasteiger partial charge in [-0.15, -0.1) is 0 Å². The zero-order valence-electron chi connectivity index (χ0n) is 6.74. The lowest BCUT2D eigenvalue weighted by Crippen LogP contribution is -2.32. The fraction of sp³-hybridized carbons (Fsp3) is 1.00. The molecule has 62 valence electrons. The Kier molecular flexibility index (Phi) is 4.60. The van der Waals surface area contributed by atoms with Crippen LogP contribution in [0.5, 0.6) is 0 Å². The Morgan fingerprint density at radius 2 is 1.90 bits per heavy atom. The van der Waals surface area contributed by atoms with Crippen molar-refractivity contribution < 1.29 is 14.9 Å². The van der Waals surface area contributed by atoms with E-state index in [9.17, 15) is 5.11 Å². The van der Waals surface area contributed by atoms with Gasteiger partial charge in [0.25, 0.3) is 0 Å². The van der Waals surface area contributed by atoms with Crippen molar-refractivity contribution in [3.05, 3.63) is 0 Å². The van der Waals surface area contributed by atoms with Crippen molar-refractivity contribution >= 4 is 0 Å². The zero-order valence-corrected chi connectivity index (χ0v) is 6.74. The van der Waals surface area contributed by atoms with Gasteiger partial charge in [0, 0.05) is 19.6 Å². The quantitative estimate of drug-likeness (QED) is 0.590. The summed E-state index contributed by atoms with van der Waals surface area (Å²) >= 11 is 0. The first kappa shape index (κ1) is 9.88. The van der Waals surface area contributed by atoms with Crippen LogP contribution in [0.15, 0.2) is 0 Å². The van der Waals surface area contributed by atoms with Gasteiger partial charge in [-0.05, 0) is 6.92 Å². The van der Waals surface area contributed by atoms with E-state index >= 15 is 0 Å². The highest BCUT2D eigenvalue weighted by atomic mass is 16.5. The van der Waals surface area contributed by atoms with Crippen LogP contribution in [0.1, 0.15) is 13.8 Å². The average Bonchev–Trinajstić information content (AvgIpc) is 2.00. The van der Waals surface area contributed by atoms with E-state index < -0.39 is 6.10 Å². The SMILES string of the molecule is COC(C)C(O)C(C)CO. The molecule has 10 heavy (non-hydrogen) atoms. The molecule has 0 bridgehead atoms. The van der Waals surface area contributed by atoms with Gasteiger partial charge < -0.3 is 14.9 Å². The highest BCUT2D eigenvalue weighted by molar-refractivity contribution is 4.69. The van der Waals surface area contributed by atoms with Crippen molar-refractivity contribution in [2.45, 2.75) is 26.1 Å². The molecule has 0 aliphatic heterocycles. The second-order valence-corrected chi connectivity index (χ2v) is 2.59. The number of rotatable bonds is 4. The van der Waals surface area contributed by atoms with Crippen molar-refractivity contribution in [2.75, 3.05) is 13.7 Å². The Hall–Kier alpha value is -0.120. The summed E-state index contributed by atoms with van der Waals surface area (Å²) in [5.41, 5.74) is 0. The maximum absolute atomic E-state index is 9.30. The van der Waals surface area contributed by atoms with Gasteiger partial charge in [-0.3, -0.25) is 0 Å². The van der Waals surface area contributed by atoms with Crippen molar-refractivity contribution in [3.8, 4) is 0 Å². The van der Waals surface area contributed by atoms with Gasteiger partial charge in [-0.25, -0.2) is 0 Å². The number of ether oxygens (including phenoxy) is 1. The topological polar surface area (TPSA) is 49.7 Å². The van der Waals surface area contributed by atoms with Crippen LogP contribution in [0.4, 0.5) is 0 Å². The Labute approximate surface area is 61.6 Å². The molecule has 0 aromatic heterocycles. The summed E-state index contributed by atoms with van der Waals surface area (Å²) in [5, 5.41) is 17.9. The largest absolute Gasteiger partial charge is 0.396 e. The first-order chi connectivity index (χ1) is 4.63. The van der Waals surface area contributed by atoms with Crippen LogP contribution in [-0.2, 0) is 4.74 Å². The van der Waals surface area contributed by atoms with Crippen molar-refractivity contribution in [3.63, 3.8) is 0 Å². The maximum Gasteiger partial charge on any atom is 0.0846 e. The molecule has 3 unspecified atom stereocenters. The highest BCUT2D eigenvalue weighted by Gasteiger charge is 2.19. The summed E-state index contributed by atoms with van der Waals surface area (Å²) in [7, 11) is 1.54. The van der Waals surface area contributed by atoms with Crippen molar-refractivity contribution in [1.29, 1.82) is 0 Å². The Morgan fingerprint density at radius 1 is 1.40 bits per heavy atom. The Morgan fingerprint density at radius 3 is 2.20 bits per heavy atom. The lowest BCUT2D eigenvalue weighted by molar-refractivity contribution is -0.0390. The van der Waals surface area contributed by atoms with Crippen LogP contribution in [-0.4, -0.2) is 36.1 Å². The molecule has 0 saturated carbocycles. The van der Waals surface area contributed by atoms with Crippen LogP contribution in [0.2, 0.25) is 0 Å². The number of aliphatic hydroxyl groups is 2. The van der Waals surface area contributed by atoms with Gasteiger partial charge in [0.15, 0.2) is 0 Å². The fourth-order valence-electron chi connectivity index (χ4n) is 0.710. The molecule has 0 saturated heterocycles. The summed E-state index contributed by atoms with van der Waals surface area (Å²) in [6.45, 7) is 3.55. The minimum atomic E-state index is -0.574. The maximum atomic E-state index is 9.30. The van der Waals surface area contributed by atoms with E-state index in [0.717, 1.165) is 0 Å². The minimum Gasteiger partial charge on any atom is -0.396 e. The molecule has 3 nitrogen and oxygen atoms in total. The number of aliphatic hydroxyl groups excluding tert-OH is 2. The van der Waals surface area contributed by atoms with Gasteiger partial charge in [-0.2, -0.15) is 0 Å². The number of methoxy groups -OCH3 is 1. The molecule has 0 amide bonds. The lowest BCUT2D eigenvalue weighted by atomic mass is 10.0. The van der Waals surface area contributed by atoms with E-state index in [1.807, 2.05) is 0 Å². The molecule has 0 aromatic rings. The van der Waals surface area contributed by atoms with Gasteiger partial charge in [-0.1, -0.05) is 6.92 Å². The van der Waals surface area contributed by atoms with E-state index in [1.165, 1.54) is 7.11 Å². The summed E-state index contributed by atoms with van der Waals surface area (Å²) in [4.78, 5) is 0. The predicted molar refractivity (Wildman–Crippen MR) is 38.7 cm³/mol. The van der Waals surface area contributed by atoms with Crippen LogP contribution >= 0.6 is 0 Å². The summed E-state index contributed by atoms with van der Waals surface area (Å²) in [6.07, 6.45) is -0.780. The fourth-order valence-corrected chi connectivity index (χ4v) is 0.710. The normalized spacial score (nSPS) is 20.1. The molecule has 0 fully saturated rings.